The van der Waals surface area contributed by atoms with Crippen LogP contribution in [0.3, 0.4) is 0 Å². The first kappa shape index (κ1) is 14.2. The zero-order valence-corrected chi connectivity index (χ0v) is 14.2. The first-order valence-corrected chi connectivity index (χ1v) is 9.41. The van der Waals surface area contributed by atoms with Gasteiger partial charge >= 0.3 is 0 Å². The number of fused-ring (bicyclic) bond motifs is 1. The summed E-state index contributed by atoms with van der Waals surface area (Å²) >= 11 is 5.19. The highest BCUT2D eigenvalue weighted by Crippen LogP contribution is 2.37. The largest absolute Gasteiger partial charge is 0.301 e. The van der Waals surface area contributed by atoms with Crippen LogP contribution >= 0.6 is 34.9 Å². The van der Waals surface area contributed by atoms with E-state index in [-0.39, 0.29) is 0 Å². The van der Waals surface area contributed by atoms with Crippen molar-refractivity contribution in [1.82, 2.24) is 29.9 Å². The van der Waals surface area contributed by atoms with Gasteiger partial charge in [-0.15, -0.1) is 20.4 Å². The number of pyridine rings is 1. The molecule has 0 unspecified atom stereocenters. The number of thioether (sulfide) groups is 2. The van der Waals surface area contributed by atoms with Crippen LogP contribution in [0.2, 0.25) is 0 Å². The molecule has 6 nitrogen and oxygen atoms in total. The van der Waals surface area contributed by atoms with Crippen LogP contribution in [-0.2, 0) is 6.54 Å². The van der Waals surface area contributed by atoms with E-state index < -0.39 is 0 Å². The fraction of sp³-hybridized carbons (Fsp3) is 0.308. The molecule has 112 valence electrons. The van der Waals surface area contributed by atoms with Gasteiger partial charge in [0.25, 0.3) is 0 Å². The molecule has 1 atom stereocenters. The second-order valence-electron chi connectivity index (χ2n) is 4.80. The number of hydrogen-bond donors (Lipinski definition) is 0. The second kappa shape index (κ2) is 5.98. The normalized spacial score (nSPS) is 16.9. The van der Waals surface area contributed by atoms with Gasteiger partial charge in [0.1, 0.15) is 5.01 Å². The van der Waals surface area contributed by atoms with Crippen LogP contribution in [0.1, 0.15) is 5.01 Å². The van der Waals surface area contributed by atoms with E-state index >= 15 is 0 Å². The predicted molar refractivity (Wildman–Crippen MR) is 88.3 cm³/mol. The molecule has 0 bridgehead atoms. The minimum Gasteiger partial charge on any atom is -0.301 e. The summed E-state index contributed by atoms with van der Waals surface area (Å²) in [6.45, 7) is 2.90. The Labute approximate surface area is 139 Å². The molecule has 0 radical (unpaired) electrons. The lowest BCUT2D eigenvalue weighted by atomic mass is 10.2. The van der Waals surface area contributed by atoms with Crippen LogP contribution in [0.4, 0.5) is 0 Å². The Morgan fingerprint density at radius 1 is 1.32 bits per heavy atom. The molecular formula is C13H12N6S3. The standard InChI is InChI=1S/C13H12N6S3/c1-8-15-18-13(21-8)20-7-10-6-19-11(16-17-12(19)22-10)9-3-2-4-14-5-9/h2-5,10H,6-7H2,1H3/t10-/m0/s1. The van der Waals surface area contributed by atoms with E-state index in [2.05, 4.69) is 29.9 Å². The minimum atomic E-state index is 0.482. The molecule has 1 aliphatic rings. The van der Waals surface area contributed by atoms with Gasteiger partial charge in [-0.3, -0.25) is 4.98 Å². The van der Waals surface area contributed by atoms with E-state index in [4.69, 9.17) is 0 Å². The topological polar surface area (TPSA) is 69.4 Å². The molecule has 9 heteroatoms. The van der Waals surface area contributed by atoms with Crippen molar-refractivity contribution in [3.63, 3.8) is 0 Å². The Morgan fingerprint density at radius 2 is 2.27 bits per heavy atom. The van der Waals surface area contributed by atoms with E-state index in [1.165, 1.54) is 0 Å². The SMILES string of the molecule is Cc1nnc(SC[C@@H]2Cn3c(nnc3-c3cccnc3)S2)s1. The summed E-state index contributed by atoms with van der Waals surface area (Å²) in [5.74, 6) is 1.89. The van der Waals surface area contributed by atoms with Gasteiger partial charge in [0.2, 0.25) is 0 Å². The molecule has 0 fully saturated rings. The molecule has 0 amide bonds. The Kier molecular flexibility index (Phi) is 3.85. The second-order valence-corrected chi connectivity index (χ2v) is 8.51. The molecule has 1 aliphatic heterocycles. The average Bonchev–Trinajstić information content (AvgIpc) is 3.21. The van der Waals surface area contributed by atoms with Gasteiger partial charge < -0.3 is 4.57 Å². The quantitative estimate of drug-likeness (QED) is 0.671. The van der Waals surface area contributed by atoms with E-state index in [0.717, 1.165) is 38.2 Å². The Hall–Kier alpha value is -1.45. The summed E-state index contributed by atoms with van der Waals surface area (Å²) < 4.78 is 3.21. The molecule has 3 aromatic rings. The fourth-order valence-corrected chi connectivity index (χ4v) is 5.35. The molecular weight excluding hydrogens is 336 g/mol. The lowest BCUT2D eigenvalue weighted by Crippen LogP contribution is -2.09. The molecule has 0 spiro atoms. The van der Waals surface area contributed by atoms with Gasteiger partial charge in [0.15, 0.2) is 15.3 Å². The predicted octanol–water partition coefficient (Wildman–Crippen LogP) is 2.77. The Morgan fingerprint density at radius 3 is 3.05 bits per heavy atom. The van der Waals surface area contributed by atoms with Crippen LogP contribution in [0.15, 0.2) is 34.0 Å². The fourth-order valence-electron chi connectivity index (χ4n) is 2.23. The summed E-state index contributed by atoms with van der Waals surface area (Å²) in [4.78, 5) is 4.16. The average molecular weight is 348 g/mol. The zero-order chi connectivity index (χ0) is 14.9. The van der Waals surface area contributed by atoms with Crippen molar-refractivity contribution in [3.8, 4) is 11.4 Å². The first-order valence-electron chi connectivity index (χ1n) is 6.73. The van der Waals surface area contributed by atoms with Crippen molar-refractivity contribution >= 4 is 34.9 Å². The van der Waals surface area contributed by atoms with Crippen molar-refractivity contribution in [3.05, 3.63) is 29.5 Å². The number of hydrogen-bond acceptors (Lipinski definition) is 8. The Bertz CT molecular complexity index is 784. The summed E-state index contributed by atoms with van der Waals surface area (Å²) in [6, 6.07) is 3.94. The van der Waals surface area contributed by atoms with Crippen molar-refractivity contribution in [2.24, 2.45) is 0 Å². The molecule has 0 N–H and O–H groups in total. The van der Waals surface area contributed by atoms with Crippen LogP contribution in [0, 0.1) is 6.92 Å². The van der Waals surface area contributed by atoms with Gasteiger partial charge in [-0.25, -0.2) is 0 Å². The number of rotatable bonds is 4. The molecule has 3 aromatic heterocycles. The summed E-state index contributed by atoms with van der Waals surface area (Å²) in [5.41, 5.74) is 1.01. The molecule has 0 aromatic carbocycles. The van der Waals surface area contributed by atoms with Crippen LogP contribution in [-0.4, -0.2) is 40.9 Å². The maximum atomic E-state index is 4.30. The third kappa shape index (κ3) is 2.75. The Balaban J connectivity index is 1.46. The van der Waals surface area contributed by atoms with E-state index in [1.807, 2.05) is 25.3 Å². The maximum absolute atomic E-state index is 4.30. The summed E-state index contributed by atoms with van der Waals surface area (Å²) in [5, 5.41) is 19.3. The molecule has 0 aliphatic carbocycles. The van der Waals surface area contributed by atoms with E-state index in [0.29, 0.717) is 5.25 Å². The maximum Gasteiger partial charge on any atom is 0.191 e. The highest BCUT2D eigenvalue weighted by atomic mass is 32.2. The van der Waals surface area contributed by atoms with Crippen LogP contribution < -0.4 is 0 Å². The van der Waals surface area contributed by atoms with E-state index in [9.17, 15) is 0 Å². The number of nitrogens with zero attached hydrogens (tertiary/aromatic N) is 6. The van der Waals surface area contributed by atoms with Crippen molar-refractivity contribution in [2.75, 3.05) is 5.75 Å². The van der Waals surface area contributed by atoms with Gasteiger partial charge in [-0.2, -0.15) is 0 Å². The number of aryl methyl sites for hydroxylation is 1. The highest BCUT2D eigenvalue weighted by Gasteiger charge is 2.27. The minimum absolute atomic E-state index is 0.482. The lowest BCUT2D eigenvalue weighted by Gasteiger charge is -2.06. The van der Waals surface area contributed by atoms with Gasteiger partial charge in [0, 0.05) is 35.5 Å². The van der Waals surface area contributed by atoms with Crippen LogP contribution in [0.5, 0.6) is 0 Å². The highest BCUT2D eigenvalue weighted by molar-refractivity contribution is 8.04. The van der Waals surface area contributed by atoms with Crippen molar-refractivity contribution < 1.29 is 0 Å². The van der Waals surface area contributed by atoms with Crippen molar-refractivity contribution in [2.45, 2.75) is 28.2 Å². The van der Waals surface area contributed by atoms with Crippen molar-refractivity contribution in [1.29, 1.82) is 0 Å². The zero-order valence-electron chi connectivity index (χ0n) is 11.7. The van der Waals surface area contributed by atoms with Gasteiger partial charge in [-0.1, -0.05) is 34.9 Å². The molecule has 0 saturated carbocycles. The monoisotopic (exact) mass is 348 g/mol. The summed E-state index contributed by atoms with van der Waals surface area (Å²) in [6.07, 6.45) is 3.59. The van der Waals surface area contributed by atoms with Gasteiger partial charge in [0.05, 0.1) is 0 Å². The molecule has 0 saturated heterocycles. The lowest BCUT2D eigenvalue weighted by molar-refractivity contribution is 0.678. The summed E-state index contributed by atoms with van der Waals surface area (Å²) in [7, 11) is 0. The third-order valence-electron chi connectivity index (χ3n) is 3.20. The number of aromatic nitrogens is 6. The molecule has 4 heterocycles. The third-order valence-corrected chi connectivity index (χ3v) is 6.70. The van der Waals surface area contributed by atoms with E-state index in [1.54, 1.807) is 41.1 Å². The van der Waals surface area contributed by atoms with Crippen LogP contribution in [0.25, 0.3) is 11.4 Å². The molecule has 22 heavy (non-hydrogen) atoms. The first-order chi connectivity index (χ1) is 10.8. The molecule has 4 rings (SSSR count). The van der Waals surface area contributed by atoms with Gasteiger partial charge in [-0.05, 0) is 19.1 Å². The smallest absolute Gasteiger partial charge is 0.191 e.